The van der Waals surface area contributed by atoms with Crippen molar-refractivity contribution >= 4 is 5.91 Å². The molecule has 1 fully saturated rings. The van der Waals surface area contributed by atoms with Crippen LogP contribution in [0.1, 0.15) is 18.4 Å². The normalized spacial score (nSPS) is 14.4. The summed E-state index contributed by atoms with van der Waals surface area (Å²) in [5.41, 5.74) is 2.92. The lowest BCUT2D eigenvalue weighted by Gasteiger charge is -2.05. The molecule has 3 rings (SSSR count). The number of pyridine rings is 1. The molecule has 5 nitrogen and oxygen atoms in total. The summed E-state index contributed by atoms with van der Waals surface area (Å²) in [6, 6.07) is 3.91. The fourth-order valence-corrected chi connectivity index (χ4v) is 1.97. The number of hydrogen-bond donors (Lipinski definition) is 1. The van der Waals surface area contributed by atoms with Gasteiger partial charge in [0.15, 0.2) is 0 Å². The number of hydrogen-bond acceptors (Lipinski definition) is 3. The third-order valence-corrected chi connectivity index (χ3v) is 3.24. The van der Waals surface area contributed by atoms with Crippen molar-refractivity contribution in [3.63, 3.8) is 0 Å². The average Bonchev–Trinajstić information content (AvgIpc) is 3.19. The first kappa shape index (κ1) is 11.9. The number of nitrogens with zero attached hydrogens (tertiary/aromatic N) is 3. The first-order valence-corrected chi connectivity index (χ1v) is 6.44. The van der Waals surface area contributed by atoms with E-state index in [0.29, 0.717) is 6.54 Å². The van der Waals surface area contributed by atoms with E-state index >= 15 is 0 Å². The number of carbonyl (C=O) groups excluding carboxylic acids is 1. The molecule has 1 N–H and O–H groups in total. The molecule has 0 atom stereocenters. The maximum atomic E-state index is 11.6. The molecule has 0 aliphatic heterocycles. The van der Waals surface area contributed by atoms with Gasteiger partial charge in [-0.15, -0.1) is 0 Å². The van der Waals surface area contributed by atoms with E-state index in [2.05, 4.69) is 15.4 Å². The summed E-state index contributed by atoms with van der Waals surface area (Å²) in [5, 5.41) is 7.09. The van der Waals surface area contributed by atoms with Crippen LogP contribution in [0, 0.1) is 5.92 Å². The van der Waals surface area contributed by atoms with Gasteiger partial charge in [0, 0.05) is 37.5 Å². The van der Waals surface area contributed by atoms with E-state index in [9.17, 15) is 4.79 Å². The molecule has 1 aliphatic rings. The van der Waals surface area contributed by atoms with Crippen molar-refractivity contribution in [2.75, 3.05) is 0 Å². The molecule has 1 aliphatic carbocycles. The molecule has 1 saturated carbocycles. The second kappa shape index (κ2) is 4.84. The van der Waals surface area contributed by atoms with Gasteiger partial charge in [0.05, 0.1) is 11.9 Å². The summed E-state index contributed by atoms with van der Waals surface area (Å²) in [6.45, 7) is 0.561. The van der Waals surface area contributed by atoms with Gasteiger partial charge in [-0.2, -0.15) is 5.10 Å². The summed E-state index contributed by atoms with van der Waals surface area (Å²) in [4.78, 5) is 15.9. The van der Waals surface area contributed by atoms with Gasteiger partial charge in [-0.05, 0) is 30.5 Å². The highest BCUT2D eigenvalue weighted by molar-refractivity contribution is 5.80. The number of carbonyl (C=O) groups is 1. The van der Waals surface area contributed by atoms with Crippen molar-refractivity contribution in [3.05, 3.63) is 36.3 Å². The fraction of sp³-hybridized carbons (Fsp3) is 0.357. The van der Waals surface area contributed by atoms with E-state index in [1.807, 2.05) is 25.4 Å². The van der Waals surface area contributed by atoms with E-state index < -0.39 is 0 Å². The second-order valence-corrected chi connectivity index (χ2v) is 4.94. The molecule has 0 bridgehead atoms. The summed E-state index contributed by atoms with van der Waals surface area (Å²) >= 11 is 0. The highest BCUT2D eigenvalue weighted by atomic mass is 16.2. The minimum absolute atomic E-state index is 0.166. The van der Waals surface area contributed by atoms with Gasteiger partial charge in [0.2, 0.25) is 5.91 Å². The Kier molecular flexibility index (Phi) is 3.03. The van der Waals surface area contributed by atoms with Crippen molar-refractivity contribution in [2.24, 2.45) is 13.0 Å². The first-order chi connectivity index (χ1) is 9.22. The maximum absolute atomic E-state index is 11.6. The number of aromatic nitrogens is 3. The van der Waals surface area contributed by atoms with Crippen molar-refractivity contribution in [1.82, 2.24) is 20.1 Å². The molecule has 2 heterocycles. The van der Waals surface area contributed by atoms with Crippen LogP contribution in [0.4, 0.5) is 0 Å². The molecule has 5 heteroatoms. The molecule has 2 aromatic rings. The molecule has 98 valence electrons. The Hall–Kier alpha value is -2.17. The molecule has 19 heavy (non-hydrogen) atoms. The summed E-state index contributed by atoms with van der Waals surface area (Å²) in [7, 11) is 1.88. The molecule has 2 aromatic heterocycles. The van der Waals surface area contributed by atoms with Crippen LogP contribution in [0.2, 0.25) is 0 Å². The van der Waals surface area contributed by atoms with Crippen LogP contribution < -0.4 is 5.32 Å². The first-order valence-electron chi connectivity index (χ1n) is 6.44. The van der Waals surface area contributed by atoms with Gasteiger partial charge in [-0.1, -0.05) is 0 Å². The minimum atomic E-state index is 0.166. The van der Waals surface area contributed by atoms with Gasteiger partial charge in [-0.3, -0.25) is 14.5 Å². The molecule has 0 saturated heterocycles. The molecule has 1 amide bonds. The van der Waals surface area contributed by atoms with Gasteiger partial charge in [0.25, 0.3) is 0 Å². The maximum Gasteiger partial charge on any atom is 0.223 e. The number of nitrogens with one attached hydrogen (secondary N) is 1. The molecular formula is C14H16N4O. The van der Waals surface area contributed by atoms with E-state index in [1.54, 1.807) is 17.1 Å². The van der Waals surface area contributed by atoms with Crippen molar-refractivity contribution in [2.45, 2.75) is 19.4 Å². The van der Waals surface area contributed by atoms with Crippen LogP contribution in [0.25, 0.3) is 11.3 Å². The SMILES string of the molecule is Cn1cc(-c2cc(CNC(=O)C3CC3)ccn2)cn1. The van der Waals surface area contributed by atoms with Crippen molar-refractivity contribution in [1.29, 1.82) is 0 Å². The van der Waals surface area contributed by atoms with Crippen LogP contribution in [0.15, 0.2) is 30.7 Å². The number of rotatable bonds is 4. The van der Waals surface area contributed by atoms with Crippen molar-refractivity contribution in [3.8, 4) is 11.3 Å². The lowest BCUT2D eigenvalue weighted by Crippen LogP contribution is -2.24. The van der Waals surface area contributed by atoms with E-state index in [-0.39, 0.29) is 11.8 Å². The van der Waals surface area contributed by atoms with Crippen LogP contribution in [-0.2, 0) is 18.4 Å². The molecule has 0 aromatic carbocycles. The van der Waals surface area contributed by atoms with E-state index in [4.69, 9.17) is 0 Å². The quantitative estimate of drug-likeness (QED) is 0.902. The average molecular weight is 256 g/mol. The summed E-state index contributed by atoms with van der Waals surface area (Å²) in [5.74, 6) is 0.416. The Balaban J connectivity index is 1.70. The molecule has 0 unspecified atom stereocenters. The number of aryl methyl sites for hydroxylation is 1. The monoisotopic (exact) mass is 256 g/mol. The third-order valence-electron chi connectivity index (χ3n) is 3.24. The Morgan fingerprint density at radius 2 is 2.37 bits per heavy atom. The van der Waals surface area contributed by atoms with Crippen LogP contribution in [-0.4, -0.2) is 20.7 Å². The predicted molar refractivity (Wildman–Crippen MR) is 71.0 cm³/mol. The van der Waals surface area contributed by atoms with E-state index in [0.717, 1.165) is 29.7 Å². The largest absolute Gasteiger partial charge is 0.352 e. The Morgan fingerprint density at radius 3 is 3.05 bits per heavy atom. The lowest BCUT2D eigenvalue weighted by atomic mass is 10.1. The number of amides is 1. The zero-order valence-corrected chi connectivity index (χ0v) is 10.8. The smallest absolute Gasteiger partial charge is 0.223 e. The Morgan fingerprint density at radius 1 is 1.53 bits per heavy atom. The lowest BCUT2D eigenvalue weighted by molar-refractivity contribution is -0.122. The van der Waals surface area contributed by atoms with Crippen molar-refractivity contribution < 1.29 is 4.79 Å². The van der Waals surface area contributed by atoms with Gasteiger partial charge in [-0.25, -0.2) is 0 Å². The van der Waals surface area contributed by atoms with Crippen LogP contribution in [0.3, 0.4) is 0 Å². The predicted octanol–water partition coefficient (Wildman–Crippen LogP) is 1.51. The summed E-state index contributed by atoms with van der Waals surface area (Å²) in [6.07, 6.45) is 7.54. The summed E-state index contributed by atoms with van der Waals surface area (Å²) < 4.78 is 1.75. The minimum Gasteiger partial charge on any atom is -0.352 e. The Bertz CT molecular complexity index is 601. The Labute approximate surface area is 111 Å². The van der Waals surface area contributed by atoms with Crippen LogP contribution >= 0.6 is 0 Å². The fourth-order valence-electron chi connectivity index (χ4n) is 1.97. The van der Waals surface area contributed by atoms with E-state index in [1.165, 1.54) is 0 Å². The molecule has 0 spiro atoms. The molecular weight excluding hydrogens is 240 g/mol. The zero-order valence-electron chi connectivity index (χ0n) is 10.8. The highest BCUT2D eigenvalue weighted by Crippen LogP contribution is 2.28. The van der Waals surface area contributed by atoms with Gasteiger partial charge >= 0.3 is 0 Å². The topological polar surface area (TPSA) is 59.8 Å². The van der Waals surface area contributed by atoms with Gasteiger partial charge < -0.3 is 5.32 Å². The zero-order chi connectivity index (χ0) is 13.2. The van der Waals surface area contributed by atoms with Crippen LogP contribution in [0.5, 0.6) is 0 Å². The highest BCUT2D eigenvalue weighted by Gasteiger charge is 2.29. The molecule has 0 radical (unpaired) electrons. The second-order valence-electron chi connectivity index (χ2n) is 4.94. The van der Waals surface area contributed by atoms with Gasteiger partial charge in [0.1, 0.15) is 0 Å². The standard InChI is InChI=1S/C14H16N4O/c1-18-9-12(8-17-18)13-6-10(4-5-15-13)7-16-14(19)11-2-3-11/h4-6,8-9,11H,2-3,7H2,1H3,(H,16,19). The third kappa shape index (κ3) is 2.81.